The van der Waals surface area contributed by atoms with Gasteiger partial charge in [0.25, 0.3) is 0 Å². The Morgan fingerprint density at radius 2 is 2.29 bits per heavy atom. The lowest BCUT2D eigenvalue weighted by Gasteiger charge is -2.07. The topological polar surface area (TPSA) is 38.3 Å². The van der Waals surface area contributed by atoms with Gasteiger partial charge < -0.3 is 10.1 Å². The van der Waals surface area contributed by atoms with Crippen LogP contribution >= 0.6 is 0 Å². The van der Waals surface area contributed by atoms with Gasteiger partial charge in [-0.15, -0.1) is 0 Å². The first-order valence-electron chi connectivity index (χ1n) is 6.36. The number of nitrogens with one attached hydrogen (secondary N) is 1. The molecule has 3 rings (SSSR count). The van der Waals surface area contributed by atoms with Crippen molar-refractivity contribution in [2.75, 3.05) is 13.2 Å². The van der Waals surface area contributed by atoms with Crippen molar-refractivity contribution in [3.8, 4) is 5.75 Å². The first-order valence-corrected chi connectivity index (χ1v) is 6.36. The highest BCUT2D eigenvalue weighted by Gasteiger charge is 2.22. The maximum Gasteiger partial charge on any atom is 0.167 e. The molecular formula is C14H17NO2. The Labute approximate surface area is 101 Å². The SMILES string of the molecule is O=C(CCNC1CC1)c1cccc2c1OCC2. The Hall–Kier alpha value is -1.35. The van der Waals surface area contributed by atoms with E-state index in [0.717, 1.165) is 24.3 Å². The van der Waals surface area contributed by atoms with Gasteiger partial charge in [0, 0.05) is 25.4 Å². The fourth-order valence-electron chi connectivity index (χ4n) is 2.25. The molecule has 1 aliphatic carbocycles. The van der Waals surface area contributed by atoms with Gasteiger partial charge in [-0.3, -0.25) is 4.79 Å². The van der Waals surface area contributed by atoms with Gasteiger partial charge >= 0.3 is 0 Å². The van der Waals surface area contributed by atoms with Crippen LogP contribution in [0.25, 0.3) is 0 Å². The van der Waals surface area contributed by atoms with Crippen LogP contribution in [0, 0.1) is 0 Å². The lowest BCUT2D eigenvalue weighted by atomic mass is 10.0. The fourth-order valence-corrected chi connectivity index (χ4v) is 2.25. The second-order valence-corrected chi connectivity index (χ2v) is 4.79. The van der Waals surface area contributed by atoms with E-state index >= 15 is 0 Å². The van der Waals surface area contributed by atoms with Gasteiger partial charge in [0.2, 0.25) is 0 Å². The number of ketones is 1. The van der Waals surface area contributed by atoms with E-state index in [2.05, 4.69) is 5.32 Å². The molecule has 1 aliphatic heterocycles. The minimum absolute atomic E-state index is 0.192. The molecule has 3 nitrogen and oxygen atoms in total. The maximum absolute atomic E-state index is 12.1. The molecule has 0 atom stereocenters. The van der Waals surface area contributed by atoms with Crippen LogP contribution in [0.3, 0.4) is 0 Å². The first kappa shape index (κ1) is 10.8. The van der Waals surface area contributed by atoms with E-state index in [-0.39, 0.29) is 5.78 Å². The Morgan fingerprint density at radius 3 is 3.12 bits per heavy atom. The van der Waals surface area contributed by atoms with Crippen LogP contribution < -0.4 is 10.1 Å². The number of para-hydroxylation sites is 1. The van der Waals surface area contributed by atoms with E-state index in [4.69, 9.17) is 4.74 Å². The molecule has 3 heteroatoms. The van der Waals surface area contributed by atoms with Crippen LogP contribution in [0.15, 0.2) is 18.2 Å². The molecule has 0 unspecified atom stereocenters. The second-order valence-electron chi connectivity index (χ2n) is 4.79. The van der Waals surface area contributed by atoms with Gasteiger partial charge in [-0.2, -0.15) is 0 Å². The smallest absolute Gasteiger partial charge is 0.167 e. The summed E-state index contributed by atoms with van der Waals surface area (Å²) in [6.45, 7) is 1.49. The lowest BCUT2D eigenvalue weighted by Crippen LogP contribution is -2.20. The van der Waals surface area contributed by atoms with E-state index in [9.17, 15) is 4.79 Å². The highest BCUT2D eigenvalue weighted by Crippen LogP contribution is 2.30. The van der Waals surface area contributed by atoms with Crippen molar-refractivity contribution in [2.45, 2.75) is 31.7 Å². The summed E-state index contributed by atoms with van der Waals surface area (Å²) in [5.41, 5.74) is 1.93. The van der Waals surface area contributed by atoms with Crippen LogP contribution in [0.4, 0.5) is 0 Å². The van der Waals surface area contributed by atoms with Crippen LogP contribution in [0.5, 0.6) is 5.75 Å². The molecule has 1 saturated carbocycles. The molecule has 1 heterocycles. The normalized spacial score (nSPS) is 17.6. The van der Waals surface area contributed by atoms with Crippen LogP contribution in [0.1, 0.15) is 35.2 Å². The third kappa shape index (κ3) is 2.34. The molecule has 0 spiro atoms. The van der Waals surface area contributed by atoms with Gasteiger partial charge in [0.05, 0.1) is 12.2 Å². The standard InChI is InChI=1S/C14H17NO2/c16-13(6-8-15-11-4-5-11)12-3-1-2-10-7-9-17-14(10)12/h1-3,11,15H,4-9H2. The number of Topliss-reactive ketones (excluding diaryl/α,β-unsaturated/α-hetero) is 1. The molecule has 0 aromatic heterocycles. The molecule has 0 radical (unpaired) electrons. The van der Waals surface area contributed by atoms with E-state index in [1.807, 2.05) is 18.2 Å². The summed E-state index contributed by atoms with van der Waals surface area (Å²) in [4.78, 5) is 12.1. The predicted octanol–water partition coefficient (Wildman–Crippen LogP) is 1.95. The van der Waals surface area contributed by atoms with Crippen molar-refractivity contribution in [3.63, 3.8) is 0 Å². The predicted molar refractivity (Wildman–Crippen MR) is 65.6 cm³/mol. The quantitative estimate of drug-likeness (QED) is 0.787. The molecule has 90 valence electrons. The molecule has 1 aromatic rings. The van der Waals surface area contributed by atoms with E-state index < -0.39 is 0 Å². The number of hydrogen-bond donors (Lipinski definition) is 1. The number of fused-ring (bicyclic) bond motifs is 1. The fraction of sp³-hybridized carbons (Fsp3) is 0.500. The lowest BCUT2D eigenvalue weighted by molar-refractivity contribution is 0.0979. The van der Waals surface area contributed by atoms with Crippen LogP contribution in [0.2, 0.25) is 0 Å². The third-order valence-electron chi connectivity index (χ3n) is 3.38. The van der Waals surface area contributed by atoms with Crippen LogP contribution in [-0.4, -0.2) is 25.0 Å². The molecule has 17 heavy (non-hydrogen) atoms. The Balaban J connectivity index is 1.66. The first-order chi connectivity index (χ1) is 8.34. The summed E-state index contributed by atoms with van der Waals surface area (Å²) >= 11 is 0. The number of hydrogen-bond acceptors (Lipinski definition) is 3. The average molecular weight is 231 g/mol. The van der Waals surface area contributed by atoms with Crippen molar-refractivity contribution in [1.82, 2.24) is 5.32 Å². The molecule has 1 aromatic carbocycles. The summed E-state index contributed by atoms with van der Waals surface area (Å²) in [6, 6.07) is 6.54. The molecule has 1 fully saturated rings. The molecule has 0 saturated heterocycles. The summed E-state index contributed by atoms with van der Waals surface area (Å²) in [7, 11) is 0. The number of benzene rings is 1. The molecule has 0 amide bonds. The second kappa shape index (κ2) is 4.49. The van der Waals surface area contributed by atoms with Gasteiger partial charge in [0.15, 0.2) is 5.78 Å². The van der Waals surface area contributed by atoms with E-state index in [1.54, 1.807) is 0 Å². The Morgan fingerprint density at radius 1 is 1.41 bits per heavy atom. The Bertz CT molecular complexity index is 438. The Kier molecular flexibility index (Phi) is 2.85. The van der Waals surface area contributed by atoms with Gasteiger partial charge in [-0.1, -0.05) is 12.1 Å². The van der Waals surface area contributed by atoms with Gasteiger partial charge in [0.1, 0.15) is 5.75 Å². The number of carbonyl (C=O) groups excluding carboxylic acids is 1. The van der Waals surface area contributed by atoms with E-state index in [0.29, 0.717) is 19.1 Å². The third-order valence-corrected chi connectivity index (χ3v) is 3.38. The maximum atomic E-state index is 12.1. The van der Waals surface area contributed by atoms with E-state index in [1.165, 1.54) is 18.4 Å². The van der Waals surface area contributed by atoms with Gasteiger partial charge in [-0.05, 0) is 24.5 Å². The van der Waals surface area contributed by atoms with Gasteiger partial charge in [-0.25, -0.2) is 0 Å². The summed E-state index contributed by atoms with van der Waals surface area (Å²) in [5, 5.41) is 3.36. The molecule has 1 N–H and O–H groups in total. The van der Waals surface area contributed by atoms with Crippen molar-refractivity contribution in [3.05, 3.63) is 29.3 Å². The van der Waals surface area contributed by atoms with Crippen molar-refractivity contribution >= 4 is 5.78 Å². The average Bonchev–Trinajstić information content (AvgIpc) is 3.04. The zero-order valence-corrected chi connectivity index (χ0v) is 9.87. The largest absolute Gasteiger partial charge is 0.492 e. The molecular weight excluding hydrogens is 214 g/mol. The zero-order chi connectivity index (χ0) is 11.7. The highest BCUT2D eigenvalue weighted by molar-refractivity contribution is 5.99. The summed E-state index contributed by atoms with van der Waals surface area (Å²) < 4.78 is 5.55. The number of ether oxygens (including phenoxy) is 1. The summed E-state index contributed by atoms with van der Waals surface area (Å²) in [5.74, 6) is 1.01. The minimum Gasteiger partial charge on any atom is -0.492 e. The zero-order valence-electron chi connectivity index (χ0n) is 9.87. The molecule has 2 aliphatic rings. The highest BCUT2D eigenvalue weighted by atomic mass is 16.5. The van der Waals surface area contributed by atoms with Crippen molar-refractivity contribution in [1.29, 1.82) is 0 Å². The number of carbonyl (C=O) groups is 1. The van der Waals surface area contributed by atoms with Crippen molar-refractivity contribution < 1.29 is 9.53 Å². The monoisotopic (exact) mass is 231 g/mol. The number of rotatable bonds is 5. The molecule has 0 bridgehead atoms. The minimum atomic E-state index is 0.192. The summed E-state index contributed by atoms with van der Waals surface area (Å²) in [6.07, 6.45) is 4.02. The van der Waals surface area contributed by atoms with Crippen LogP contribution in [-0.2, 0) is 6.42 Å². The van der Waals surface area contributed by atoms with Crippen molar-refractivity contribution in [2.24, 2.45) is 0 Å².